The number of hydrogen-bond acceptors (Lipinski definition) is 7. The molecule has 2 aromatic heterocycles. The summed E-state index contributed by atoms with van der Waals surface area (Å²) in [6.45, 7) is -0.981. The molecule has 14 heteroatoms. The van der Waals surface area contributed by atoms with Crippen LogP contribution in [0.25, 0.3) is 21.8 Å². The van der Waals surface area contributed by atoms with Crippen molar-refractivity contribution < 1.29 is 31.1 Å². The van der Waals surface area contributed by atoms with Gasteiger partial charge >= 0.3 is 0 Å². The van der Waals surface area contributed by atoms with Crippen LogP contribution in [-0.4, -0.2) is 54.2 Å². The summed E-state index contributed by atoms with van der Waals surface area (Å²) < 4.78 is 68.0. The lowest BCUT2D eigenvalue weighted by Gasteiger charge is -2.14. The molecule has 2 heterocycles. The number of carbonyl (C=O) groups excluding carboxylic acids is 1. The molecule has 2 aromatic carbocycles. The molecule has 0 fully saturated rings. The predicted octanol–water partition coefficient (Wildman–Crippen LogP) is 1.50. The number of ether oxygens (including phenoxy) is 1. The molecule has 0 radical (unpaired) electrons. The van der Waals surface area contributed by atoms with Crippen molar-refractivity contribution in [2.75, 3.05) is 13.7 Å². The molecule has 184 valence electrons. The third-order valence-corrected chi connectivity index (χ3v) is 5.95. The maximum Gasteiger partial charge on any atom is 0.276 e. The van der Waals surface area contributed by atoms with Gasteiger partial charge in [-0.2, -0.15) is 5.10 Å². The number of alkyl halides is 2. The first-order valence-corrected chi connectivity index (χ1v) is 11.4. The van der Waals surface area contributed by atoms with Crippen molar-refractivity contribution in [2.45, 2.75) is 18.2 Å². The van der Waals surface area contributed by atoms with Crippen molar-refractivity contribution in [3.05, 3.63) is 64.1 Å². The van der Waals surface area contributed by atoms with Gasteiger partial charge in [-0.1, -0.05) is 18.2 Å². The second kappa shape index (κ2) is 9.74. The van der Waals surface area contributed by atoms with Crippen LogP contribution in [0.2, 0.25) is 0 Å². The number of rotatable bonds is 8. The smallest absolute Gasteiger partial charge is 0.276 e. The summed E-state index contributed by atoms with van der Waals surface area (Å²) in [6.07, 6.45) is -2.83. The fourth-order valence-corrected chi connectivity index (χ4v) is 4.22. The van der Waals surface area contributed by atoms with Crippen LogP contribution in [-0.2, 0) is 21.9 Å². The lowest BCUT2D eigenvalue weighted by molar-refractivity contribution is -0.121. The Morgan fingerprint density at radius 3 is 2.60 bits per heavy atom. The van der Waals surface area contributed by atoms with Gasteiger partial charge in [-0.25, -0.2) is 31.3 Å². The van der Waals surface area contributed by atoms with Crippen molar-refractivity contribution in [1.82, 2.24) is 25.1 Å². The number of nitrogens with one attached hydrogen (secondary N) is 2. The van der Waals surface area contributed by atoms with Crippen LogP contribution in [0.4, 0.5) is 13.2 Å². The lowest BCUT2D eigenvalue weighted by atomic mass is 10.1. The molecule has 10 nitrogen and oxygen atoms in total. The standard InChI is InChI=1S/C21H18F3N5O5S/c1-25-19(30)21(35(32)33)29-20(31)11-5-3-2-4-10(11)13(28-29)8-18-26-14-6-12(22)16(7-15(14)27-18)34-9-17(23)24/h2-7,17,21,35H,8-9H2,1H3,(H,25,30)(H,26,27). The van der Waals surface area contributed by atoms with Crippen molar-refractivity contribution in [1.29, 1.82) is 0 Å². The average molecular weight is 509 g/mol. The van der Waals surface area contributed by atoms with Crippen LogP contribution in [0.1, 0.15) is 16.9 Å². The number of amides is 1. The number of carbonyl (C=O) groups is 1. The number of nitrogens with zero attached hydrogens (tertiary/aromatic N) is 3. The van der Waals surface area contributed by atoms with Gasteiger partial charge in [-0.3, -0.25) is 9.59 Å². The first kappa shape index (κ1) is 24.2. The molecule has 2 N–H and O–H groups in total. The molecule has 0 aliphatic carbocycles. The van der Waals surface area contributed by atoms with E-state index in [0.717, 1.165) is 6.07 Å². The molecular weight excluding hydrogens is 491 g/mol. The van der Waals surface area contributed by atoms with E-state index in [-0.39, 0.29) is 40.1 Å². The van der Waals surface area contributed by atoms with Gasteiger partial charge in [0.05, 0.1) is 28.5 Å². The molecule has 4 rings (SSSR count). The normalized spacial score (nSPS) is 12.5. The molecule has 0 saturated heterocycles. The number of aromatic amines is 1. The fourth-order valence-electron chi connectivity index (χ4n) is 3.57. The van der Waals surface area contributed by atoms with Gasteiger partial charge in [0, 0.05) is 24.6 Å². The van der Waals surface area contributed by atoms with Crippen molar-refractivity contribution in [2.24, 2.45) is 0 Å². The molecule has 1 unspecified atom stereocenters. The van der Waals surface area contributed by atoms with Crippen molar-refractivity contribution >= 4 is 38.4 Å². The fraction of sp³-hybridized carbons (Fsp3) is 0.238. The molecule has 0 aliphatic heterocycles. The Balaban J connectivity index is 1.80. The average Bonchev–Trinajstić information content (AvgIpc) is 3.20. The minimum atomic E-state index is -3.40. The number of hydrogen-bond donors (Lipinski definition) is 3. The molecule has 0 saturated carbocycles. The van der Waals surface area contributed by atoms with Gasteiger partial charge in [-0.05, 0) is 6.07 Å². The van der Waals surface area contributed by atoms with Crippen LogP contribution in [0, 0.1) is 5.82 Å². The number of likely N-dealkylation sites (N-methyl/N-ethyl adjacent to an activating group) is 1. The summed E-state index contributed by atoms with van der Waals surface area (Å²) in [5, 5.41) is 5.02. The summed E-state index contributed by atoms with van der Waals surface area (Å²) in [5.41, 5.74) is -0.0659. The number of thiol groups is 1. The van der Waals surface area contributed by atoms with E-state index >= 15 is 0 Å². The molecule has 35 heavy (non-hydrogen) atoms. The number of imidazole rings is 1. The first-order valence-electron chi connectivity index (χ1n) is 10.1. The minimum Gasteiger partial charge on any atom is -0.484 e. The van der Waals surface area contributed by atoms with Crippen LogP contribution < -0.4 is 15.6 Å². The van der Waals surface area contributed by atoms with Gasteiger partial charge in [0.2, 0.25) is 5.37 Å². The topological polar surface area (TPSA) is 136 Å². The van der Waals surface area contributed by atoms with Crippen LogP contribution in [0.5, 0.6) is 5.75 Å². The highest BCUT2D eigenvalue weighted by molar-refractivity contribution is 7.73. The van der Waals surface area contributed by atoms with Gasteiger partial charge < -0.3 is 15.0 Å². The van der Waals surface area contributed by atoms with Crippen molar-refractivity contribution in [3.8, 4) is 5.75 Å². The van der Waals surface area contributed by atoms with E-state index < -0.39 is 46.4 Å². The Labute approximate surface area is 196 Å². The van der Waals surface area contributed by atoms with E-state index in [0.29, 0.717) is 10.1 Å². The third-order valence-electron chi connectivity index (χ3n) is 5.10. The van der Waals surface area contributed by atoms with Gasteiger partial charge in [0.25, 0.3) is 17.9 Å². The number of fused-ring (bicyclic) bond motifs is 2. The summed E-state index contributed by atoms with van der Waals surface area (Å²) in [5.74, 6) is -1.93. The summed E-state index contributed by atoms with van der Waals surface area (Å²) >= 11 is 0. The Morgan fingerprint density at radius 2 is 1.94 bits per heavy atom. The summed E-state index contributed by atoms with van der Waals surface area (Å²) in [7, 11) is -2.17. The Bertz CT molecular complexity index is 1560. The lowest BCUT2D eigenvalue weighted by Crippen LogP contribution is -2.38. The zero-order valence-electron chi connectivity index (χ0n) is 18.0. The zero-order valence-corrected chi connectivity index (χ0v) is 18.9. The quantitative estimate of drug-likeness (QED) is 0.306. The van der Waals surface area contributed by atoms with E-state index in [4.69, 9.17) is 4.74 Å². The first-order chi connectivity index (χ1) is 16.7. The van der Waals surface area contributed by atoms with E-state index in [2.05, 4.69) is 20.4 Å². The Hall–Kier alpha value is -3.94. The van der Waals surface area contributed by atoms with E-state index in [9.17, 15) is 31.2 Å². The second-order valence-electron chi connectivity index (χ2n) is 7.38. The Kier molecular flexibility index (Phi) is 6.73. The molecule has 0 spiro atoms. The highest BCUT2D eigenvalue weighted by Gasteiger charge is 2.27. The predicted molar refractivity (Wildman–Crippen MR) is 120 cm³/mol. The number of aromatic nitrogens is 4. The molecule has 0 aliphatic rings. The maximum absolute atomic E-state index is 14.2. The Morgan fingerprint density at radius 1 is 1.23 bits per heavy atom. The SMILES string of the molecule is CNC(=O)C(n1nc(Cc2nc3cc(OCC(F)F)c(F)cc3[nH]2)c2ccccc2c1=O)[SH](=O)=O. The van der Waals surface area contributed by atoms with Crippen LogP contribution in [0.15, 0.2) is 41.2 Å². The van der Waals surface area contributed by atoms with Crippen molar-refractivity contribution in [3.63, 3.8) is 0 Å². The summed E-state index contributed by atoms with van der Waals surface area (Å²) in [4.78, 5) is 32.3. The van der Waals surface area contributed by atoms with E-state index in [1.165, 1.54) is 19.2 Å². The van der Waals surface area contributed by atoms with Gasteiger partial charge in [0.1, 0.15) is 12.4 Å². The van der Waals surface area contributed by atoms with Gasteiger partial charge in [0.15, 0.2) is 22.3 Å². The number of benzene rings is 2. The van der Waals surface area contributed by atoms with Crippen LogP contribution >= 0.6 is 0 Å². The highest BCUT2D eigenvalue weighted by Crippen LogP contribution is 2.25. The third kappa shape index (κ3) is 4.82. The minimum absolute atomic E-state index is 0.0551. The molecule has 0 bridgehead atoms. The number of halogens is 3. The summed E-state index contributed by atoms with van der Waals surface area (Å²) in [6, 6.07) is 8.52. The molecular formula is C21H18F3N5O5S. The van der Waals surface area contributed by atoms with Crippen LogP contribution in [0.3, 0.4) is 0 Å². The van der Waals surface area contributed by atoms with E-state index in [1.807, 2.05) is 0 Å². The molecule has 4 aromatic rings. The largest absolute Gasteiger partial charge is 0.484 e. The molecule has 1 amide bonds. The second-order valence-corrected chi connectivity index (χ2v) is 8.44. The molecule has 1 atom stereocenters. The zero-order chi connectivity index (χ0) is 25.3. The number of H-pyrrole nitrogens is 1. The van der Waals surface area contributed by atoms with E-state index in [1.54, 1.807) is 18.2 Å². The van der Waals surface area contributed by atoms with Gasteiger partial charge in [-0.15, -0.1) is 0 Å². The highest BCUT2D eigenvalue weighted by atomic mass is 32.2. The maximum atomic E-state index is 14.2. The monoisotopic (exact) mass is 509 g/mol.